The summed E-state index contributed by atoms with van der Waals surface area (Å²) in [5, 5.41) is 0. The van der Waals surface area contributed by atoms with Crippen LogP contribution in [0.2, 0.25) is 0 Å². The average molecular weight is 256 g/mol. The first kappa shape index (κ1) is 15.5. The lowest BCUT2D eigenvalue weighted by Crippen LogP contribution is -1.85. The summed E-state index contributed by atoms with van der Waals surface area (Å²) in [6.45, 7) is 7.86. The second kappa shape index (κ2) is 9.35. The molecule has 0 fully saturated rings. The number of hydrogen-bond acceptors (Lipinski definition) is 1. The van der Waals surface area contributed by atoms with E-state index >= 15 is 0 Å². The molecule has 0 unspecified atom stereocenters. The van der Waals surface area contributed by atoms with Crippen LogP contribution in [-0.2, 0) is 11.2 Å². The van der Waals surface area contributed by atoms with Gasteiger partial charge in [0.25, 0.3) is 0 Å². The normalized spacial score (nSPS) is 9.63. The van der Waals surface area contributed by atoms with Gasteiger partial charge in [0, 0.05) is 13.2 Å². The van der Waals surface area contributed by atoms with Crippen molar-refractivity contribution in [3.05, 3.63) is 60.2 Å². The Hall–Kier alpha value is -1.60. The second-order valence-corrected chi connectivity index (χ2v) is 4.16. The summed E-state index contributed by atoms with van der Waals surface area (Å²) in [6.07, 6.45) is 1.09. The number of aryl methyl sites for hydroxylation is 1. The Balaban J connectivity index is 0.000000312. The van der Waals surface area contributed by atoms with Gasteiger partial charge in [0.15, 0.2) is 0 Å². The Morgan fingerprint density at radius 2 is 1.32 bits per heavy atom. The third-order valence-corrected chi connectivity index (χ3v) is 2.89. The molecule has 2 rings (SSSR count). The zero-order valence-corrected chi connectivity index (χ0v) is 12.2. The van der Waals surface area contributed by atoms with Crippen LogP contribution in [0.15, 0.2) is 54.6 Å². The van der Waals surface area contributed by atoms with Crippen LogP contribution in [-0.4, -0.2) is 13.2 Å². The van der Waals surface area contributed by atoms with Crippen molar-refractivity contribution in [2.75, 3.05) is 13.2 Å². The smallest absolute Gasteiger partial charge is 0.0437 e. The van der Waals surface area contributed by atoms with Crippen molar-refractivity contribution in [2.24, 2.45) is 0 Å². The van der Waals surface area contributed by atoms with E-state index in [9.17, 15) is 0 Å². The highest BCUT2D eigenvalue weighted by Crippen LogP contribution is 2.23. The van der Waals surface area contributed by atoms with Crippen molar-refractivity contribution >= 4 is 0 Å². The molecule has 0 spiro atoms. The Labute approximate surface area is 117 Å². The molecular weight excluding hydrogens is 232 g/mol. The molecule has 0 aliphatic heterocycles. The fourth-order valence-electron chi connectivity index (χ4n) is 1.93. The van der Waals surface area contributed by atoms with Crippen molar-refractivity contribution in [3.63, 3.8) is 0 Å². The van der Waals surface area contributed by atoms with Gasteiger partial charge in [-0.3, -0.25) is 0 Å². The van der Waals surface area contributed by atoms with Crippen molar-refractivity contribution in [1.82, 2.24) is 0 Å². The molecular formula is C18H24O. The van der Waals surface area contributed by atoms with Crippen LogP contribution in [0, 0.1) is 0 Å². The molecule has 1 heteroatoms. The Kier molecular flexibility index (Phi) is 7.60. The van der Waals surface area contributed by atoms with E-state index in [1.807, 2.05) is 13.8 Å². The van der Waals surface area contributed by atoms with Gasteiger partial charge >= 0.3 is 0 Å². The van der Waals surface area contributed by atoms with Crippen molar-refractivity contribution in [1.29, 1.82) is 0 Å². The standard InChI is InChI=1S/C14H14.C4H10O/c1-2-12-8-6-7-11-14(12)13-9-4-3-5-10-13;1-3-5-4-2/h3-11H,2H2,1H3;3-4H2,1-2H3. The van der Waals surface area contributed by atoms with Gasteiger partial charge in [-0.05, 0) is 37.0 Å². The quantitative estimate of drug-likeness (QED) is 0.751. The number of ether oxygens (including phenoxy) is 1. The van der Waals surface area contributed by atoms with Gasteiger partial charge in [-0.25, -0.2) is 0 Å². The molecule has 0 N–H and O–H groups in total. The summed E-state index contributed by atoms with van der Waals surface area (Å²) in [6, 6.07) is 19.1. The number of hydrogen-bond donors (Lipinski definition) is 0. The highest BCUT2D eigenvalue weighted by molar-refractivity contribution is 5.67. The van der Waals surface area contributed by atoms with E-state index < -0.39 is 0 Å². The molecule has 1 nitrogen and oxygen atoms in total. The molecule has 0 amide bonds. The molecule has 2 aromatic rings. The maximum Gasteiger partial charge on any atom is 0.0437 e. The summed E-state index contributed by atoms with van der Waals surface area (Å²) in [5.74, 6) is 0. The Bertz CT molecular complexity index is 446. The van der Waals surface area contributed by atoms with Gasteiger partial charge < -0.3 is 4.74 Å². The zero-order valence-electron chi connectivity index (χ0n) is 12.2. The van der Waals surface area contributed by atoms with Crippen LogP contribution in [0.1, 0.15) is 26.3 Å². The minimum Gasteiger partial charge on any atom is -0.382 e. The Morgan fingerprint density at radius 1 is 0.737 bits per heavy atom. The second-order valence-electron chi connectivity index (χ2n) is 4.16. The van der Waals surface area contributed by atoms with E-state index in [0.29, 0.717) is 0 Å². The molecule has 2 aromatic carbocycles. The minimum atomic E-state index is 0.844. The molecule has 0 bridgehead atoms. The number of rotatable bonds is 4. The van der Waals surface area contributed by atoms with E-state index in [-0.39, 0.29) is 0 Å². The molecule has 0 atom stereocenters. The maximum absolute atomic E-state index is 4.83. The summed E-state index contributed by atoms with van der Waals surface area (Å²) in [5.41, 5.74) is 4.08. The van der Waals surface area contributed by atoms with Crippen LogP contribution < -0.4 is 0 Å². The third kappa shape index (κ3) is 5.27. The van der Waals surface area contributed by atoms with E-state index in [0.717, 1.165) is 19.6 Å². The molecule has 0 saturated carbocycles. The zero-order chi connectivity index (χ0) is 13.9. The first-order chi connectivity index (χ1) is 9.33. The van der Waals surface area contributed by atoms with Crippen molar-refractivity contribution in [3.8, 4) is 11.1 Å². The topological polar surface area (TPSA) is 9.23 Å². The lowest BCUT2D eigenvalue weighted by atomic mass is 9.98. The fraction of sp³-hybridized carbons (Fsp3) is 0.333. The predicted molar refractivity (Wildman–Crippen MR) is 83.4 cm³/mol. The maximum atomic E-state index is 4.83. The van der Waals surface area contributed by atoms with Crippen molar-refractivity contribution < 1.29 is 4.74 Å². The lowest BCUT2D eigenvalue weighted by Gasteiger charge is -2.06. The Morgan fingerprint density at radius 3 is 1.84 bits per heavy atom. The van der Waals surface area contributed by atoms with Crippen LogP contribution in [0.25, 0.3) is 11.1 Å². The molecule has 0 saturated heterocycles. The van der Waals surface area contributed by atoms with E-state index in [4.69, 9.17) is 4.74 Å². The minimum absolute atomic E-state index is 0.844. The first-order valence-corrected chi connectivity index (χ1v) is 7.04. The summed E-state index contributed by atoms with van der Waals surface area (Å²) in [4.78, 5) is 0. The highest BCUT2D eigenvalue weighted by atomic mass is 16.5. The largest absolute Gasteiger partial charge is 0.382 e. The van der Waals surface area contributed by atoms with Crippen LogP contribution >= 0.6 is 0 Å². The molecule has 102 valence electrons. The van der Waals surface area contributed by atoms with Crippen LogP contribution in [0.4, 0.5) is 0 Å². The fourth-order valence-corrected chi connectivity index (χ4v) is 1.93. The molecule has 0 aliphatic carbocycles. The molecule has 0 radical (unpaired) electrons. The van der Waals surface area contributed by atoms with Gasteiger partial charge in [-0.15, -0.1) is 0 Å². The third-order valence-electron chi connectivity index (χ3n) is 2.89. The first-order valence-electron chi connectivity index (χ1n) is 7.04. The molecule has 0 heterocycles. The summed E-state index contributed by atoms with van der Waals surface area (Å²) >= 11 is 0. The average Bonchev–Trinajstić information content (AvgIpc) is 2.49. The van der Waals surface area contributed by atoms with E-state index in [1.54, 1.807) is 0 Å². The summed E-state index contributed by atoms with van der Waals surface area (Å²) in [7, 11) is 0. The van der Waals surface area contributed by atoms with Gasteiger partial charge in [-0.1, -0.05) is 61.5 Å². The molecule has 0 aliphatic rings. The highest BCUT2D eigenvalue weighted by Gasteiger charge is 2.00. The van der Waals surface area contributed by atoms with Gasteiger partial charge in [-0.2, -0.15) is 0 Å². The van der Waals surface area contributed by atoms with Gasteiger partial charge in [0.05, 0.1) is 0 Å². The van der Waals surface area contributed by atoms with Crippen LogP contribution in [0.3, 0.4) is 0 Å². The monoisotopic (exact) mass is 256 g/mol. The van der Waals surface area contributed by atoms with Gasteiger partial charge in [0.1, 0.15) is 0 Å². The number of benzene rings is 2. The van der Waals surface area contributed by atoms with Gasteiger partial charge in [0.2, 0.25) is 0 Å². The SMILES string of the molecule is CCOCC.CCc1ccccc1-c1ccccc1. The molecule has 19 heavy (non-hydrogen) atoms. The lowest BCUT2D eigenvalue weighted by molar-refractivity contribution is 0.162. The molecule has 0 aromatic heterocycles. The summed E-state index contributed by atoms with van der Waals surface area (Å²) < 4.78 is 4.83. The van der Waals surface area contributed by atoms with E-state index in [2.05, 4.69) is 61.5 Å². The van der Waals surface area contributed by atoms with Crippen molar-refractivity contribution in [2.45, 2.75) is 27.2 Å². The predicted octanol–water partition coefficient (Wildman–Crippen LogP) is 4.96. The van der Waals surface area contributed by atoms with Crippen LogP contribution in [0.5, 0.6) is 0 Å². The van der Waals surface area contributed by atoms with E-state index in [1.165, 1.54) is 16.7 Å².